The molecule has 0 saturated carbocycles. The van der Waals surface area contributed by atoms with E-state index in [1.165, 1.54) is 12.8 Å². The monoisotopic (exact) mass is 260 g/mol. The van der Waals surface area contributed by atoms with Crippen molar-refractivity contribution >= 4 is 11.6 Å². The summed E-state index contributed by atoms with van der Waals surface area (Å²) in [5.74, 6) is 0.991. The van der Waals surface area contributed by atoms with Gasteiger partial charge in [0, 0.05) is 25.2 Å². The van der Waals surface area contributed by atoms with Crippen molar-refractivity contribution in [3.8, 4) is 0 Å². The maximum absolute atomic E-state index is 12.2. The average molecular weight is 260 g/mol. The lowest BCUT2D eigenvalue weighted by atomic mass is 9.95. The van der Waals surface area contributed by atoms with Crippen LogP contribution in [0.15, 0.2) is 24.3 Å². The molecule has 0 radical (unpaired) electrons. The Hall–Kier alpha value is -1.51. The zero-order valence-corrected chi connectivity index (χ0v) is 11.8. The maximum Gasteiger partial charge on any atom is 0.222 e. The summed E-state index contributed by atoms with van der Waals surface area (Å²) < 4.78 is 0. The van der Waals surface area contributed by atoms with Gasteiger partial charge in [0.05, 0.1) is 0 Å². The molecular formula is C16H24N2O. The van der Waals surface area contributed by atoms with E-state index in [2.05, 4.69) is 6.92 Å². The molecule has 2 N–H and O–H groups in total. The summed E-state index contributed by atoms with van der Waals surface area (Å²) in [4.78, 5) is 14.3. The van der Waals surface area contributed by atoms with Gasteiger partial charge in [0.1, 0.15) is 0 Å². The minimum Gasteiger partial charge on any atom is -0.399 e. The second-order valence-electron chi connectivity index (χ2n) is 5.50. The van der Waals surface area contributed by atoms with Crippen molar-refractivity contribution in [2.45, 2.75) is 39.0 Å². The zero-order chi connectivity index (χ0) is 13.7. The summed E-state index contributed by atoms with van der Waals surface area (Å²) in [6.07, 6.45) is 4.99. The van der Waals surface area contributed by atoms with Crippen LogP contribution in [0.1, 0.15) is 38.2 Å². The van der Waals surface area contributed by atoms with Crippen LogP contribution in [0, 0.1) is 5.92 Å². The first kappa shape index (κ1) is 13.9. The fourth-order valence-corrected chi connectivity index (χ4v) is 2.78. The predicted octanol–water partition coefficient (Wildman–Crippen LogP) is 2.85. The number of likely N-dealkylation sites (tertiary alicyclic amines) is 1. The molecule has 1 fully saturated rings. The summed E-state index contributed by atoms with van der Waals surface area (Å²) in [6, 6.07) is 7.82. The van der Waals surface area contributed by atoms with E-state index in [0.717, 1.165) is 37.2 Å². The number of amides is 1. The number of nitrogens with two attached hydrogens (primary N) is 1. The number of carbonyl (C=O) groups excluding carboxylic acids is 1. The predicted molar refractivity (Wildman–Crippen MR) is 78.8 cm³/mol. The van der Waals surface area contributed by atoms with Gasteiger partial charge in [0.15, 0.2) is 0 Å². The molecule has 1 aliphatic heterocycles. The van der Waals surface area contributed by atoms with Crippen LogP contribution >= 0.6 is 0 Å². The highest BCUT2D eigenvalue weighted by Gasteiger charge is 2.21. The number of carbonyl (C=O) groups is 1. The van der Waals surface area contributed by atoms with Crippen molar-refractivity contribution in [1.82, 2.24) is 4.90 Å². The Bertz CT molecular complexity index is 431. The SMILES string of the molecule is CCC1CCCN(C(=O)CCc2cccc(N)c2)C1. The van der Waals surface area contributed by atoms with Crippen molar-refractivity contribution < 1.29 is 4.79 Å². The largest absolute Gasteiger partial charge is 0.399 e. The molecule has 3 nitrogen and oxygen atoms in total. The third-order valence-corrected chi connectivity index (χ3v) is 4.03. The van der Waals surface area contributed by atoms with E-state index in [0.29, 0.717) is 18.2 Å². The summed E-state index contributed by atoms with van der Waals surface area (Å²) in [5.41, 5.74) is 7.67. The first-order chi connectivity index (χ1) is 9.19. The van der Waals surface area contributed by atoms with E-state index in [-0.39, 0.29) is 0 Å². The third kappa shape index (κ3) is 3.98. The molecule has 3 heteroatoms. The van der Waals surface area contributed by atoms with Gasteiger partial charge in [0.25, 0.3) is 0 Å². The van der Waals surface area contributed by atoms with Crippen LogP contribution in [0.4, 0.5) is 5.69 Å². The smallest absolute Gasteiger partial charge is 0.222 e. The van der Waals surface area contributed by atoms with E-state index in [1.54, 1.807) is 0 Å². The van der Waals surface area contributed by atoms with Gasteiger partial charge in [-0.3, -0.25) is 4.79 Å². The Kier molecular flexibility index (Phi) is 4.83. The summed E-state index contributed by atoms with van der Waals surface area (Å²) in [5, 5.41) is 0. The number of nitrogen functional groups attached to an aromatic ring is 1. The van der Waals surface area contributed by atoms with Crippen molar-refractivity contribution in [1.29, 1.82) is 0 Å². The molecule has 1 aliphatic rings. The highest BCUT2D eigenvalue weighted by atomic mass is 16.2. The molecule has 0 spiro atoms. The van der Waals surface area contributed by atoms with Gasteiger partial charge >= 0.3 is 0 Å². The van der Waals surface area contributed by atoms with Crippen LogP contribution in [0.5, 0.6) is 0 Å². The van der Waals surface area contributed by atoms with Gasteiger partial charge in [-0.15, -0.1) is 0 Å². The maximum atomic E-state index is 12.2. The molecule has 19 heavy (non-hydrogen) atoms. The standard InChI is InChI=1S/C16H24N2O/c1-2-13-6-4-10-18(12-13)16(19)9-8-14-5-3-7-15(17)11-14/h3,5,7,11,13H,2,4,6,8-10,12,17H2,1H3. The van der Waals surface area contributed by atoms with Gasteiger partial charge in [0.2, 0.25) is 5.91 Å². The number of hydrogen-bond acceptors (Lipinski definition) is 2. The molecule has 1 heterocycles. The molecule has 1 amide bonds. The van der Waals surface area contributed by atoms with Crippen molar-refractivity contribution in [2.24, 2.45) is 5.92 Å². The number of piperidine rings is 1. The lowest BCUT2D eigenvalue weighted by molar-refractivity contribution is -0.133. The van der Waals surface area contributed by atoms with Crippen LogP contribution in [0.25, 0.3) is 0 Å². The highest BCUT2D eigenvalue weighted by molar-refractivity contribution is 5.76. The molecule has 0 aliphatic carbocycles. The van der Waals surface area contributed by atoms with Gasteiger partial charge in [-0.2, -0.15) is 0 Å². The molecule has 1 aromatic carbocycles. The minimum absolute atomic E-state index is 0.292. The van der Waals surface area contributed by atoms with E-state index in [4.69, 9.17) is 5.73 Å². The molecule has 0 aromatic heterocycles. The van der Waals surface area contributed by atoms with Gasteiger partial charge in [-0.1, -0.05) is 25.5 Å². The van der Waals surface area contributed by atoms with E-state index < -0.39 is 0 Å². The van der Waals surface area contributed by atoms with Crippen molar-refractivity contribution in [3.63, 3.8) is 0 Å². The Morgan fingerprint density at radius 2 is 2.32 bits per heavy atom. The molecule has 104 valence electrons. The third-order valence-electron chi connectivity index (χ3n) is 4.03. The van der Waals surface area contributed by atoms with Gasteiger partial charge < -0.3 is 10.6 Å². The van der Waals surface area contributed by atoms with E-state index in [9.17, 15) is 4.79 Å². The summed E-state index contributed by atoms with van der Waals surface area (Å²) in [6.45, 7) is 4.10. The number of hydrogen-bond donors (Lipinski definition) is 1. The molecule has 1 saturated heterocycles. The molecule has 2 rings (SSSR count). The molecule has 1 unspecified atom stereocenters. The first-order valence-corrected chi connectivity index (χ1v) is 7.31. The van der Waals surface area contributed by atoms with E-state index in [1.807, 2.05) is 29.2 Å². The number of anilines is 1. The molecule has 1 atom stereocenters. The van der Waals surface area contributed by atoms with Gasteiger partial charge in [-0.05, 0) is 42.9 Å². The minimum atomic E-state index is 0.292. The lowest BCUT2D eigenvalue weighted by Crippen LogP contribution is -2.39. The van der Waals surface area contributed by atoms with Crippen LogP contribution in [0.3, 0.4) is 0 Å². The average Bonchev–Trinajstić information content (AvgIpc) is 2.45. The molecule has 0 bridgehead atoms. The second-order valence-corrected chi connectivity index (χ2v) is 5.50. The second kappa shape index (κ2) is 6.60. The lowest BCUT2D eigenvalue weighted by Gasteiger charge is -2.32. The van der Waals surface area contributed by atoms with Crippen molar-refractivity contribution in [3.05, 3.63) is 29.8 Å². The summed E-state index contributed by atoms with van der Waals surface area (Å²) >= 11 is 0. The first-order valence-electron chi connectivity index (χ1n) is 7.31. The highest BCUT2D eigenvalue weighted by Crippen LogP contribution is 2.20. The Morgan fingerprint density at radius 3 is 3.05 bits per heavy atom. The van der Waals surface area contributed by atoms with Crippen LogP contribution in [0.2, 0.25) is 0 Å². The fourth-order valence-electron chi connectivity index (χ4n) is 2.78. The van der Waals surface area contributed by atoms with Crippen LogP contribution < -0.4 is 5.73 Å². The Balaban J connectivity index is 1.84. The van der Waals surface area contributed by atoms with Crippen LogP contribution in [-0.4, -0.2) is 23.9 Å². The normalized spacial score (nSPS) is 19.4. The number of aryl methyl sites for hydroxylation is 1. The molecule has 1 aromatic rings. The quantitative estimate of drug-likeness (QED) is 0.846. The number of rotatable bonds is 4. The van der Waals surface area contributed by atoms with Gasteiger partial charge in [-0.25, -0.2) is 0 Å². The van der Waals surface area contributed by atoms with E-state index >= 15 is 0 Å². The van der Waals surface area contributed by atoms with Crippen molar-refractivity contribution in [2.75, 3.05) is 18.8 Å². The fraction of sp³-hybridized carbons (Fsp3) is 0.562. The molecular weight excluding hydrogens is 236 g/mol. The van der Waals surface area contributed by atoms with Crippen LogP contribution in [-0.2, 0) is 11.2 Å². The topological polar surface area (TPSA) is 46.3 Å². The number of benzene rings is 1. The summed E-state index contributed by atoms with van der Waals surface area (Å²) in [7, 11) is 0. The zero-order valence-electron chi connectivity index (χ0n) is 11.8. The Labute approximate surface area is 115 Å². The Morgan fingerprint density at radius 1 is 1.47 bits per heavy atom. The number of nitrogens with zero attached hydrogens (tertiary/aromatic N) is 1.